The highest BCUT2D eigenvalue weighted by atomic mass is 32.2. The Hall–Kier alpha value is -3.90. The van der Waals surface area contributed by atoms with E-state index in [9.17, 15) is 22.4 Å². The summed E-state index contributed by atoms with van der Waals surface area (Å²) in [5.41, 5.74) is 6.41. The molecule has 0 bridgehead atoms. The summed E-state index contributed by atoms with van der Waals surface area (Å²) < 4.78 is 38.2. The fourth-order valence-electron chi connectivity index (χ4n) is 3.35. The van der Waals surface area contributed by atoms with Crippen LogP contribution in [0, 0.1) is 5.82 Å². The van der Waals surface area contributed by atoms with Crippen molar-refractivity contribution in [2.45, 2.75) is 17.7 Å². The van der Waals surface area contributed by atoms with E-state index in [0.29, 0.717) is 24.0 Å². The van der Waals surface area contributed by atoms with Gasteiger partial charge in [-0.2, -0.15) is 4.98 Å². The molecule has 0 spiro atoms. The Labute approximate surface area is 181 Å². The number of anilines is 4. The number of fused-ring (bicyclic) bond motifs is 1. The number of sulfonamides is 1. The molecule has 0 atom stereocenters. The molecular weight excluding hydrogens is 439 g/mol. The number of rotatable bonds is 6. The molecule has 0 fully saturated rings. The van der Waals surface area contributed by atoms with Crippen LogP contribution in [0.3, 0.4) is 0 Å². The Balaban J connectivity index is 1.72. The molecular formula is C20H17FN6O4S. The predicted octanol–water partition coefficient (Wildman–Crippen LogP) is 1.98. The summed E-state index contributed by atoms with van der Waals surface area (Å²) in [5, 5.41) is 10.7. The molecule has 32 heavy (non-hydrogen) atoms. The third-order valence-corrected chi connectivity index (χ3v) is 5.83. The third-order valence-electron chi connectivity index (χ3n) is 4.86. The Morgan fingerprint density at radius 3 is 2.56 bits per heavy atom. The van der Waals surface area contributed by atoms with E-state index >= 15 is 0 Å². The quantitative estimate of drug-likeness (QED) is 0.436. The van der Waals surface area contributed by atoms with Gasteiger partial charge in [0.2, 0.25) is 16.0 Å². The van der Waals surface area contributed by atoms with Crippen LogP contribution in [0.2, 0.25) is 0 Å². The zero-order valence-corrected chi connectivity index (χ0v) is 17.2. The van der Waals surface area contributed by atoms with Gasteiger partial charge < -0.3 is 16.4 Å². The zero-order chi connectivity index (χ0) is 23.0. The zero-order valence-electron chi connectivity index (χ0n) is 16.4. The standard InChI is InChI=1S/C20H17FN6O4S/c21-13-8-11-10(5-6-16(11)28)7-15(13)26-20-24-9-12(18(22)29)19(27-20)25-14-3-1-2-4-17(14)32(23,30)31/h1-4,7-9H,5-6H2,(H2,22,29)(H2,23,30,31)(H2,24,25,26,27). The molecule has 12 heteroatoms. The van der Waals surface area contributed by atoms with E-state index in [2.05, 4.69) is 20.6 Å². The second kappa shape index (κ2) is 7.98. The van der Waals surface area contributed by atoms with Crippen LogP contribution in [0.15, 0.2) is 47.5 Å². The van der Waals surface area contributed by atoms with Gasteiger partial charge in [-0.15, -0.1) is 0 Å². The summed E-state index contributed by atoms with van der Waals surface area (Å²) in [6.07, 6.45) is 1.94. The van der Waals surface area contributed by atoms with Gasteiger partial charge in [0.15, 0.2) is 5.78 Å². The molecule has 1 heterocycles. The number of carbonyl (C=O) groups is 2. The summed E-state index contributed by atoms with van der Waals surface area (Å²) in [7, 11) is -4.08. The van der Waals surface area contributed by atoms with E-state index < -0.39 is 21.7 Å². The van der Waals surface area contributed by atoms with Crippen LogP contribution in [0.4, 0.5) is 27.5 Å². The second-order valence-electron chi connectivity index (χ2n) is 7.02. The molecule has 0 saturated carbocycles. The Morgan fingerprint density at radius 1 is 1.09 bits per heavy atom. The molecule has 10 nitrogen and oxygen atoms in total. The molecule has 1 aromatic heterocycles. The van der Waals surface area contributed by atoms with E-state index in [-0.39, 0.29) is 39.4 Å². The monoisotopic (exact) mass is 456 g/mol. The minimum absolute atomic E-state index is 0.0427. The summed E-state index contributed by atoms with van der Waals surface area (Å²) in [5.74, 6) is -1.85. The maximum atomic E-state index is 14.5. The Kier molecular flexibility index (Phi) is 5.32. The molecule has 0 saturated heterocycles. The van der Waals surface area contributed by atoms with Crippen LogP contribution in [0.25, 0.3) is 0 Å². The number of hydrogen-bond donors (Lipinski definition) is 4. The lowest BCUT2D eigenvalue weighted by atomic mass is 10.1. The van der Waals surface area contributed by atoms with Gasteiger partial charge in [0.05, 0.1) is 11.4 Å². The molecule has 3 aromatic rings. The molecule has 6 N–H and O–H groups in total. The molecule has 4 rings (SSSR count). The van der Waals surface area contributed by atoms with Gasteiger partial charge in [-0.1, -0.05) is 12.1 Å². The summed E-state index contributed by atoms with van der Waals surface area (Å²) >= 11 is 0. The van der Waals surface area contributed by atoms with E-state index in [0.717, 1.165) is 12.3 Å². The van der Waals surface area contributed by atoms with Crippen LogP contribution < -0.4 is 21.5 Å². The molecule has 1 aliphatic carbocycles. The fourth-order valence-corrected chi connectivity index (χ4v) is 4.04. The molecule has 1 amide bonds. The van der Waals surface area contributed by atoms with Crippen molar-refractivity contribution in [1.82, 2.24) is 9.97 Å². The number of hydrogen-bond acceptors (Lipinski definition) is 8. The normalized spacial score (nSPS) is 13.0. The fraction of sp³-hybridized carbons (Fsp3) is 0.100. The highest BCUT2D eigenvalue weighted by molar-refractivity contribution is 7.89. The lowest BCUT2D eigenvalue weighted by molar-refractivity contribution is 0.0988. The molecule has 0 radical (unpaired) electrons. The van der Waals surface area contributed by atoms with Gasteiger partial charge in [0.25, 0.3) is 5.91 Å². The number of benzene rings is 2. The molecule has 1 aliphatic rings. The number of amides is 1. The van der Waals surface area contributed by atoms with Gasteiger partial charge in [-0.05, 0) is 36.2 Å². The number of ketones is 1. The first-order chi connectivity index (χ1) is 15.1. The van der Waals surface area contributed by atoms with Crippen molar-refractivity contribution in [3.05, 3.63) is 65.1 Å². The number of Topliss-reactive ketones (excluding diaryl/α,β-unsaturated/α-hetero) is 1. The van der Waals surface area contributed by atoms with Crippen LogP contribution in [0.1, 0.15) is 32.7 Å². The first kappa shape index (κ1) is 21.3. The summed E-state index contributed by atoms with van der Waals surface area (Å²) in [6.45, 7) is 0. The van der Waals surface area contributed by atoms with Crippen molar-refractivity contribution in [1.29, 1.82) is 0 Å². The number of carbonyl (C=O) groups excluding carboxylic acids is 2. The van der Waals surface area contributed by atoms with Crippen LogP contribution in [0.5, 0.6) is 0 Å². The van der Waals surface area contributed by atoms with Gasteiger partial charge in [0.1, 0.15) is 22.1 Å². The lowest BCUT2D eigenvalue weighted by Crippen LogP contribution is -2.17. The number of aromatic nitrogens is 2. The smallest absolute Gasteiger partial charge is 0.254 e. The van der Waals surface area contributed by atoms with E-state index in [4.69, 9.17) is 10.9 Å². The number of nitrogens with zero attached hydrogens (tertiary/aromatic N) is 2. The van der Waals surface area contributed by atoms with E-state index in [1.165, 1.54) is 24.3 Å². The molecule has 164 valence electrons. The van der Waals surface area contributed by atoms with Crippen LogP contribution >= 0.6 is 0 Å². The Bertz CT molecular complexity index is 1380. The maximum absolute atomic E-state index is 14.5. The van der Waals surface area contributed by atoms with Crippen LogP contribution in [-0.4, -0.2) is 30.1 Å². The largest absolute Gasteiger partial charge is 0.365 e. The minimum atomic E-state index is -4.08. The average molecular weight is 456 g/mol. The van der Waals surface area contributed by atoms with Crippen molar-refractivity contribution in [3.8, 4) is 0 Å². The number of primary sulfonamides is 1. The number of halogens is 1. The SMILES string of the molecule is NC(=O)c1cnc(Nc2cc3c(cc2F)C(=O)CC3)nc1Nc1ccccc1S(N)(=O)=O. The highest BCUT2D eigenvalue weighted by Crippen LogP contribution is 2.30. The number of para-hydroxylation sites is 1. The number of aryl methyl sites for hydroxylation is 1. The molecule has 0 aliphatic heterocycles. The number of nitrogens with one attached hydrogen (secondary N) is 2. The van der Waals surface area contributed by atoms with Crippen molar-refractivity contribution in [2.75, 3.05) is 10.6 Å². The second-order valence-corrected chi connectivity index (χ2v) is 8.55. The molecule has 2 aromatic carbocycles. The first-order valence-electron chi connectivity index (χ1n) is 9.32. The van der Waals surface area contributed by atoms with E-state index in [1.54, 1.807) is 6.07 Å². The van der Waals surface area contributed by atoms with Gasteiger partial charge in [-0.3, -0.25) is 9.59 Å². The summed E-state index contributed by atoms with van der Waals surface area (Å²) in [4.78, 5) is 31.5. The van der Waals surface area contributed by atoms with Gasteiger partial charge in [0, 0.05) is 18.2 Å². The number of primary amides is 1. The van der Waals surface area contributed by atoms with E-state index in [1.807, 2.05) is 0 Å². The van der Waals surface area contributed by atoms with Gasteiger partial charge >= 0.3 is 0 Å². The van der Waals surface area contributed by atoms with Crippen molar-refractivity contribution >= 4 is 44.9 Å². The third kappa shape index (κ3) is 4.13. The summed E-state index contributed by atoms with van der Waals surface area (Å²) in [6, 6.07) is 8.41. The molecule has 0 unspecified atom stereocenters. The van der Waals surface area contributed by atoms with Crippen LogP contribution in [-0.2, 0) is 16.4 Å². The van der Waals surface area contributed by atoms with Crippen molar-refractivity contribution in [2.24, 2.45) is 10.9 Å². The predicted molar refractivity (Wildman–Crippen MR) is 114 cm³/mol. The Morgan fingerprint density at radius 2 is 1.84 bits per heavy atom. The minimum Gasteiger partial charge on any atom is -0.365 e. The average Bonchev–Trinajstić information content (AvgIpc) is 3.07. The lowest BCUT2D eigenvalue weighted by Gasteiger charge is -2.14. The highest BCUT2D eigenvalue weighted by Gasteiger charge is 2.23. The number of nitrogens with two attached hydrogens (primary N) is 2. The topological polar surface area (TPSA) is 170 Å². The maximum Gasteiger partial charge on any atom is 0.254 e. The van der Waals surface area contributed by atoms with Crippen molar-refractivity contribution < 1.29 is 22.4 Å². The first-order valence-corrected chi connectivity index (χ1v) is 10.9. The van der Waals surface area contributed by atoms with Crippen molar-refractivity contribution in [3.63, 3.8) is 0 Å². The van der Waals surface area contributed by atoms with Gasteiger partial charge in [-0.25, -0.2) is 22.9 Å².